The first-order valence-electron chi connectivity index (χ1n) is 7.15. The third-order valence-corrected chi connectivity index (χ3v) is 5.63. The molecular formula is C16H25N3S. The maximum atomic E-state index is 4.27. The van der Waals surface area contributed by atoms with Crippen molar-refractivity contribution in [2.75, 3.05) is 26.2 Å². The van der Waals surface area contributed by atoms with Crippen LogP contribution in [0.5, 0.6) is 0 Å². The Hall–Kier alpha value is -1.10. The van der Waals surface area contributed by atoms with E-state index in [1.54, 1.807) is 0 Å². The fourth-order valence-electron chi connectivity index (χ4n) is 2.47. The van der Waals surface area contributed by atoms with E-state index in [9.17, 15) is 0 Å². The fraction of sp³-hybridized carbons (Fsp3) is 0.438. The second kappa shape index (κ2) is 7.07. The second-order valence-electron chi connectivity index (χ2n) is 5.33. The van der Waals surface area contributed by atoms with Gasteiger partial charge in [0, 0.05) is 11.4 Å². The van der Waals surface area contributed by atoms with E-state index < -0.39 is 9.39 Å². The van der Waals surface area contributed by atoms with Gasteiger partial charge in [-0.15, -0.1) is 9.39 Å². The van der Waals surface area contributed by atoms with Crippen molar-refractivity contribution < 1.29 is 0 Å². The zero-order valence-electron chi connectivity index (χ0n) is 12.2. The van der Waals surface area contributed by atoms with Crippen LogP contribution >= 0.6 is 9.39 Å². The number of nitrogens with zero attached hydrogens (tertiary/aromatic N) is 2. The highest BCUT2D eigenvalue weighted by Crippen LogP contribution is 2.29. The summed E-state index contributed by atoms with van der Waals surface area (Å²) in [4.78, 5) is 7.60. The molecule has 0 unspecified atom stereocenters. The molecule has 0 aromatic heterocycles. The van der Waals surface area contributed by atoms with Crippen molar-refractivity contribution in [2.45, 2.75) is 24.2 Å². The number of hydrogen-bond donors (Lipinski definition) is 1. The molecule has 0 atom stereocenters. The predicted molar refractivity (Wildman–Crippen MR) is 94.0 cm³/mol. The molecule has 20 heavy (non-hydrogen) atoms. The first-order valence-corrected chi connectivity index (χ1v) is 9.12. The van der Waals surface area contributed by atoms with Gasteiger partial charge in [0.15, 0.2) is 0 Å². The van der Waals surface area contributed by atoms with Gasteiger partial charge >= 0.3 is 0 Å². The smallest absolute Gasteiger partial charge is 0.0623 e. The molecular weight excluding hydrogens is 266 g/mol. The van der Waals surface area contributed by atoms with Crippen molar-refractivity contribution in [1.82, 2.24) is 9.62 Å². The zero-order valence-corrected chi connectivity index (χ0v) is 13.0. The molecule has 2 rings (SSSR count). The summed E-state index contributed by atoms with van der Waals surface area (Å²) in [7, 11) is -1.41. The summed E-state index contributed by atoms with van der Waals surface area (Å²) in [5.74, 6) is 8.53. The normalized spacial score (nSPS) is 16.4. The van der Waals surface area contributed by atoms with E-state index in [1.807, 2.05) is 24.3 Å². The number of rotatable bonds is 7. The van der Waals surface area contributed by atoms with Gasteiger partial charge in [-0.05, 0) is 69.9 Å². The number of likely N-dealkylation sites (tertiary alicyclic amines) is 1. The molecule has 1 heterocycles. The summed E-state index contributed by atoms with van der Waals surface area (Å²) < 4.78 is 3.52. The SMILES string of the molecule is C=Nc1ccc(S(=C)(=C)NCCCN2CCCC2)cc1. The van der Waals surface area contributed by atoms with Crippen molar-refractivity contribution in [2.24, 2.45) is 4.99 Å². The van der Waals surface area contributed by atoms with Crippen LogP contribution in [0.1, 0.15) is 19.3 Å². The van der Waals surface area contributed by atoms with E-state index in [1.165, 1.54) is 32.5 Å². The quantitative estimate of drug-likeness (QED) is 0.475. The van der Waals surface area contributed by atoms with Crippen LogP contribution in [0, 0.1) is 0 Å². The van der Waals surface area contributed by atoms with Gasteiger partial charge < -0.3 is 4.90 Å². The third kappa shape index (κ3) is 4.20. The van der Waals surface area contributed by atoms with E-state index in [0.29, 0.717) is 0 Å². The first-order chi connectivity index (χ1) is 9.62. The van der Waals surface area contributed by atoms with Gasteiger partial charge in [-0.1, -0.05) is 11.7 Å². The fourth-order valence-corrected chi connectivity index (χ4v) is 3.83. The molecule has 3 nitrogen and oxygen atoms in total. The lowest BCUT2D eigenvalue weighted by Crippen LogP contribution is -2.23. The Morgan fingerprint density at radius 2 is 1.80 bits per heavy atom. The van der Waals surface area contributed by atoms with Gasteiger partial charge in [-0.2, -0.15) is 0 Å². The third-order valence-electron chi connectivity index (χ3n) is 3.70. The van der Waals surface area contributed by atoms with Gasteiger partial charge in [-0.3, -0.25) is 9.71 Å². The molecule has 1 saturated heterocycles. The Kier molecular flexibility index (Phi) is 5.40. The lowest BCUT2D eigenvalue weighted by atomic mass is 10.3. The van der Waals surface area contributed by atoms with Gasteiger partial charge in [0.25, 0.3) is 0 Å². The minimum absolute atomic E-state index is 0.887. The van der Waals surface area contributed by atoms with Crippen molar-refractivity contribution in [3.05, 3.63) is 24.3 Å². The monoisotopic (exact) mass is 291 g/mol. The lowest BCUT2D eigenvalue weighted by Gasteiger charge is -2.19. The molecule has 1 aliphatic rings. The Bertz CT molecular complexity index is 525. The molecule has 0 aliphatic carbocycles. The standard InChI is InChI=1S/C16H25N3S/c1-17-15-7-9-16(10-8-15)20(2,3)18-11-6-14-19-12-4-5-13-19/h7-10,18H,1-6,11-14H2. The van der Waals surface area contributed by atoms with Gasteiger partial charge in [-0.25, -0.2) is 0 Å². The van der Waals surface area contributed by atoms with Crippen LogP contribution in [-0.2, 0) is 0 Å². The van der Waals surface area contributed by atoms with E-state index in [0.717, 1.165) is 23.5 Å². The maximum Gasteiger partial charge on any atom is 0.0623 e. The average molecular weight is 291 g/mol. The molecule has 4 heteroatoms. The number of hydrogen-bond acceptors (Lipinski definition) is 3. The average Bonchev–Trinajstić information content (AvgIpc) is 2.97. The molecule has 0 radical (unpaired) electrons. The molecule has 1 aliphatic heterocycles. The summed E-state index contributed by atoms with van der Waals surface area (Å²) in [5.41, 5.74) is 0.887. The van der Waals surface area contributed by atoms with Crippen LogP contribution in [-0.4, -0.2) is 49.5 Å². The van der Waals surface area contributed by atoms with Crippen molar-refractivity contribution >= 4 is 33.5 Å². The number of aliphatic imine (C=N–C) groups is 1. The maximum absolute atomic E-state index is 4.27. The number of benzene rings is 1. The van der Waals surface area contributed by atoms with Crippen molar-refractivity contribution in [1.29, 1.82) is 0 Å². The summed E-state index contributed by atoms with van der Waals surface area (Å²) in [6.45, 7) is 8.21. The predicted octanol–water partition coefficient (Wildman–Crippen LogP) is 3.04. The van der Waals surface area contributed by atoms with Crippen LogP contribution in [0.2, 0.25) is 0 Å². The summed E-state index contributed by atoms with van der Waals surface area (Å²) in [5, 5.41) is 0. The molecule has 0 bridgehead atoms. The van der Waals surface area contributed by atoms with E-state index >= 15 is 0 Å². The van der Waals surface area contributed by atoms with Gasteiger partial charge in [0.1, 0.15) is 0 Å². The van der Waals surface area contributed by atoms with E-state index in [-0.39, 0.29) is 0 Å². The lowest BCUT2D eigenvalue weighted by molar-refractivity contribution is 0.335. The molecule has 1 aromatic carbocycles. The van der Waals surface area contributed by atoms with Gasteiger partial charge in [0.2, 0.25) is 0 Å². The van der Waals surface area contributed by atoms with Crippen molar-refractivity contribution in [3.63, 3.8) is 0 Å². The Labute approximate surface area is 123 Å². The topological polar surface area (TPSA) is 27.6 Å². The van der Waals surface area contributed by atoms with E-state index in [4.69, 9.17) is 0 Å². The Morgan fingerprint density at radius 3 is 2.40 bits per heavy atom. The van der Waals surface area contributed by atoms with Gasteiger partial charge in [0.05, 0.1) is 5.69 Å². The van der Waals surface area contributed by atoms with Crippen LogP contribution < -0.4 is 4.72 Å². The largest absolute Gasteiger partial charge is 0.303 e. The highest BCUT2D eigenvalue weighted by molar-refractivity contribution is 8.26. The zero-order chi connectivity index (χ0) is 14.4. The van der Waals surface area contributed by atoms with Crippen molar-refractivity contribution in [3.8, 4) is 0 Å². The molecule has 0 saturated carbocycles. The van der Waals surface area contributed by atoms with Crippen LogP contribution in [0.25, 0.3) is 0 Å². The minimum atomic E-state index is -1.41. The highest BCUT2D eigenvalue weighted by Gasteiger charge is 2.10. The minimum Gasteiger partial charge on any atom is -0.303 e. The molecule has 0 amide bonds. The van der Waals surface area contributed by atoms with Crippen LogP contribution in [0.3, 0.4) is 0 Å². The molecule has 1 N–H and O–H groups in total. The summed E-state index contributed by atoms with van der Waals surface area (Å²) in [6, 6.07) is 8.03. The number of nitrogens with one attached hydrogen (secondary N) is 1. The molecule has 1 fully saturated rings. The second-order valence-corrected chi connectivity index (χ2v) is 7.86. The van der Waals surface area contributed by atoms with Crippen LogP contribution in [0.4, 0.5) is 5.69 Å². The Balaban J connectivity index is 1.81. The highest BCUT2D eigenvalue weighted by atomic mass is 32.2. The first kappa shape index (κ1) is 15.3. The summed E-state index contributed by atoms with van der Waals surface area (Å²) >= 11 is 0. The van der Waals surface area contributed by atoms with E-state index in [2.05, 4.69) is 33.1 Å². The Morgan fingerprint density at radius 1 is 1.15 bits per heavy atom. The summed E-state index contributed by atoms with van der Waals surface area (Å²) in [6.07, 6.45) is 3.88. The molecule has 1 aromatic rings. The molecule has 0 spiro atoms. The van der Waals surface area contributed by atoms with Crippen LogP contribution in [0.15, 0.2) is 34.2 Å². The molecule has 110 valence electrons.